The van der Waals surface area contributed by atoms with Gasteiger partial charge in [0.05, 0.1) is 27.4 Å². The quantitative estimate of drug-likeness (QED) is 0.637. The molecule has 2 atom stereocenters. The van der Waals surface area contributed by atoms with E-state index in [-0.39, 0.29) is 18.0 Å². The van der Waals surface area contributed by atoms with Crippen molar-refractivity contribution < 1.29 is 19.0 Å². The van der Waals surface area contributed by atoms with Crippen LogP contribution in [0.3, 0.4) is 0 Å². The van der Waals surface area contributed by atoms with E-state index in [4.69, 9.17) is 14.2 Å². The number of hydrogen-bond donors (Lipinski definition) is 1. The van der Waals surface area contributed by atoms with Crippen LogP contribution in [0.25, 0.3) is 0 Å². The number of nitrogens with zero attached hydrogens (tertiary/aromatic N) is 2. The van der Waals surface area contributed by atoms with Crippen molar-refractivity contribution in [2.75, 3.05) is 54.1 Å². The van der Waals surface area contributed by atoms with Gasteiger partial charge < -0.3 is 24.4 Å². The van der Waals surface area contributed by atoms with Gasteiger partial charge in [0.2, 0.25) is 5.75 Å². The Morgan fingerprint density at radius 3 is 2.23 bits per heavy atom. The van der Waals surface area contributed by atoms with Crippen molar-refractivity contribution in [3.05, 3.63) is 40.1 Å². The van der Waals surface area contributed by atoms with E-state index in [0.29, 0.717) is 22.8 Å². The third-order valence-corrected chi connectivity index (χ3v) is 6.78. The molecule has 1 aliphatic heterocycles. The molecule has 3 rings (SSSR count). The average Bonchev–Trinajstić information content (AvgIpc) is 3.32. The molecule has 8 heteroatoms. The van der Waals surface area contributed by atoms with E-state index in [1.807, 2.05) is 0 Å². The molecule has 0 saturated carbocycles. The summed E-state index contributed by atoms with van der Waals surface area (Å²) in [6, 6.07) is 7.66. The fourth-order valence-corrected chi connectivity index (χ4v) is 5.11. The molecule has 0 radical (unpaired) electrons. The maximum absolute atomic E-state index is 13.2. The number of rotatable bonds is 9. The minimum Gasteiger partial charge on any atom is -0.493 e. The smallest absolute Gasteiger partial charge is 0.251 e. The largest absolute Gasteiger partial charge is 0.493 e. The maximum atomic E-state index is 13.2. The van der Waals surface area contributed by atoms with E-state index >= 15 is 0 Å². The summed E-state index contributed by atoms with van der Waals surface area (Å²) in [4.78, 5) is 19.4. The van der Waals surface area contributed by atoms with E-state index in [0.717, 1.165) is 32.7 Å². The Balaban J connectivity index is 1.80. The Morgan fingerprint density at radius 2 is 1.74 bits per heavy atom. The standard InChI is InChI=1S/C23H33N3O4S/c1-6-25-9-11-26(12-10-25)21(20-8-7-13-31-20)16(2)24-23(27)17-14-18(28-3)22(30-5)19(15-17)29-4/h7-8,13-16,21H,6,9-12H2,1-5H3,(H,24,27)/t16-,21-/m1/s1. The van der Waals surface area contributed by atoms with Crippen LogP contribution in [-0.2, 0) is 0 Å². The van der Waals surface area contributed by atoms with Gasteiger partial charge in [0.1, 0.15) is 0 Å². The first-order chi connectivity index (χ1) is 15.0. The van der Waals surface area contributed by atoms with Gasteiger partial charge >= 0.3 is 0 Å². The van der Waals surface area contributed by atoms with Gasteiger partial charge in [-0.3, -0.25) is 9.69 Å². The minimum atomic E-state index is -0.166. The molecule has 1 aromatic heterocycles. The fourth-order valence-electron chi connectivity index (χ4n) is 4.14. The molecule has 170 valence electrons. The van der Waals surface area contributed by atoms with Gasteiger partial charge in [0.25, 0.3) is 5.91 Å². The van der Waals surface area contributed by atoms with Gasteiger partial charge in [-0.25, -0.2) is 0 Å². The summed E-state index contributed by atoms with van der Waals surface area (Å²) in [5.74, 6) is 1.23. The SMILES string of the molecule is CCN1CCN([C@@H](c2cccs2)[C@@H](C)NC(=O)c2cc(OC)c(OC)c(OC)c2)CC1. The lowest BCUT2D eigenvalue weighted by Crippen LogP contribution is -2.52. The highest BCUT2D eigenvalue weighted by molar-refractivity contribution is 7.10. The lowest BCUT2D eigenvalue weighted by atomic mass is 10.0. The third-order valence-electron chi connectivity index (χ3n) is 5.84. The third kappa shape index (κ3) is 5.31. The fraction of sp³-hybridized carbons (Fsp3) is 0.522. The van der Waals surface area contributed by atoms with Crippen molar-refractivity contribution in [3.8, 4) is 17.2 Å². The molecule has 0 unspecified atom stereocenters. The Labute approximate surface area is 188 Å². The monoisotopic (exact) mass is 447 g/mol. The van der Waals surface area contributed by atoms with Crippen LogP contribution < -0.4 is 19.5 Å². The highest BCUT2D eigenvalue weighted by Crippen LogP contribution is 2.38. The number of likely N-dealkylation sites (N-methyl/N-ethyl adjacent to an activating group) is 1. The molecule has 1 aliphatic rings. The van der Waals surface area contributed by atoms with Crippen molar-refractivity contribution in [1.29, 1.82) is 0 Å². The topological polar surface area (TPSA) is 63.3 Å². The summed E-state index contributed by atoms with van der Waals surface area (Å²) < 4.78 is 16.2. The lowest BCUT2D eigenvalue weighted by molar-refractivity contribution is 0.0753. The molecular weight excluding hydrogens is 414 g/mol. The molecule has 31 heavy (non-hydrogen) atoms. The zero-order valence-corrected chi connectivity index (χ0v) is 19.8. The van der Waals surface area contributed by atoms with Crippen molar-refractivity contribution >= 4 is 17.2 Å². The number of hydrogen-bond acceptors (Lipinski definition) is 7. The first kappa shape index (κ1) is 23.4. The minimum absolute atomic E-state index is 0.0709. The van der Waals surface area contributed by atoms with E-state index < -0.39 is 0 Å². The van der Waals surface area contributed by atoms with Gasteiger partial charge in [0.15, 0.2) is 11.5 Å². The molecule has 1 N–H and O–H groups in total. The summed E-state index contributed by atoms with van der Waals surface area (Å²) in [5, 5.41) is 5.30. The molecule has 0 spiro atoms. The summed E-state index contributed by atoms with van der Waals surface area (Å²) in [6.45, 7) is 9.42. The van der Waals surface area contributed by atoms with Crippen LogP contribution in [0.2, 0.25) is 0 Å². The molecule has 7 nitrogen and oxygen atoms in total. The number of benzene rings is 1. The van der Waals surface area contributed by atoms with Gasteiger partial charge in [-0.05, 0) is 37.0 Å². The summed E-state index contributed by atoms with van der Waals surface area (Å²) in [7, 11) is 4.64. The Kier molecular flexibility index (Phi) is 8.17. The molecule has 0 bridgehead atoms. The lowest BCUT2D eigenvalue weighted by Gasteiger charge is -2.41. The number of carbonyl (C=O) groups is 1. The van der Waals surface area contributed by atoms with Crippen LogP contribution in [0.15, 0.2) is 29.6 Å². The van der Waals surface area contributed by atoms with E-state index in [2.05, 4.69) is 46.5 Å². The molecule has 2 aromatic rings. The number of ether oxygens (including phenoxy) is 3. The van der Waals surface area contributed by atoms with Gasteiger partial charge in [-0.2, -0.15) is 0 Å². The molecule has 1 aromatic carbocycles. The predicted octanol–water partition coefficient (Wildman–Crippen LogP) is 3.27. The molecule has 1 fully saturated rings. The number of nitrogens with one attached hydrogen (secondary N) is 1. The zero-order chi connectivity index (χ0) is 22.4. The van der Waals surface area contributed by atoms with E-state index in [1.165, 1.54) is 4.88 Å². The Bertz CT molecular complexity index is 826. The maximum Gasteiger partial charge on any atom is 0.251 e. The first-order valence-electron chi connectivity index (χ1n) is 10.6. The van der Waals surface area contributed by atoms with Crippen LogP contribution in [-0.4, -0.2) is 75.8 Å². The number of amides is 1. The molecule has 1 amide bonds. The van der Waals surface area contributed by atoms with Gasteiger partial charge in [-0.15, -0.1) is 11.3 Å². The highest BCUT2D eigenvalue weighted by Gasteiger charge is 2.31. The highest BCUT2D eigenvalue weighted by atomic mass is 32.1. The van der Waals surface area contributed by atoms with E-state index in [9.17, 15) is 4.79 Å². The van der Waals surface area contributed by atoms with Crippen molar-refractivity contribution in [2.24, 2.45) is 0 Å². The van der Waals surface area contributed by atoms with Crippen LogP contribution in [0.4, 0.5) is 0 Å². The molecular formula is C23H33N3O4S. The zero-order valence-electron chi connectivity index (χ0n) is 19.0. The van der Waals surface area contributed by atoms with Crippen molar-refractivity contribution in [3.63, 3.8) is 0 Å². The summed E-state index contributed by atoms with van der Waals surface area (Å²) in [6.07, 6.45) is 0. The number of thiophene rings is 1. The van der Waals surface area contributed by atoms with Crippen molar-refractivity contribution in [1.82, 2.24) is 15.1 Å². The Hall–Kier alpha value is -2.29. The second-order valence-electron chi connectivity index (χ2n) is 7.61. The second kappa shape index (κ2) is 10.8. The van der Waals surface area contributed by atoms with Gasteiger partial charge in [0, 0.05) is 42.7 Å². The molecule has 0 aliphatic carbocycles. The van der Waals surface area contributed by atoms with Gasteiger partial charge in [-0.1, -0.05) is 13.0 Å². The summed E-state index contributed by atoms with van der Waals surface area (Å²) in [5.41, 5.74) is 0.474. The number of methoxy groups -OCH3 is 3. The predicted molar refractivity (Wildman–Crippen MR) is 124 cm³/mol. The van der Waals surface area contributed by atoms with Crippen LogP contribution in [0, 0.1) is 0 Å². The summed E-state index contributed by atoms with van der Waals surface area (Å²) >= 11 is 1.74. The Morgan fingerprint density at radius 1 is 1.10 bits per heavy atom. The van der Waals surface area contributed by atoms with Crippen LogP contribution in [0.1, 0.15) is 35.1 Å². The normalized spacial score (nSPS) is 17.1. The number of piperazine rings is 1. The van der Waals surface area contributed by atoms with E-state index in [1.54, 1.807) is 44.8 Å². The molecule has 2 heterocycles. The van der Waals surface area contributed by atoms with Crippen molar-refractivity contribution in [2.45, 2.75) is 25.9 Å². The average molecular weight is 448 g/mol. The van der Waals surface area contributed by atoms with Crippen LogP contribution in [0.5, 0.6) is 17.2 Å². The molecule has 1 saturated heterocycles. The van der Waals surface area contributed by atoms with Crippen LogP contribution >= 0.6 is 11.3 Å². The first-order valence-corrected chi connectivity index (χ1v) is 11.5. The number of carbonyl (C=O) groups excluding carboxylic acids is 1. The second-order valence-corrected chi connectivity index (χ2v) is 8.59.